The van der Waals surface area contributed by atoms with Gasteiger partial charge in [-0.3, -0.25) is 14.9 Å². The first kappa shape index (κ1) is 20.4. The van der Waals surface area contributed by atoms with Gasteiger partial charge < -0.3 is 19.1 Å². The Hall–Kier alpha value is -2.95. The van der Waals surface area contributed by atoms with Gasteiger partial charge in [-0.25, -0.2) is 0 Å². The number of carbonyl (C=O) groups is 1. The van der Waals surface area contributed by atoms with Crippen molar-refractivity contribution in [2.24, 2.45) is 0 Å². The number of nitro benzene ring substituents is 1. The smallest absolute Gasteiger partial charge is 0.327 e. The van der Waals surface area contributed by atoms with E-state index in [-0.39, 0.29) is 35.4 Å². The van der Waals surface area contributed by atoms with Gasteiger partial charge in [0.25, 0.3) is 5.91 Å². The van der Waals surface area contributed by atoms with Gasteiger partial charge in [0.05, 0.1) is 32.8 Å². The molecule has 0 spiro atoms. The topological polar surface area (TPSA) is 91.1 Å². The number of benzene rings is 1. The molecule has 0 unspecified atom stereocenters. The number of terminal acetylenes is 1. The van der Waals surface area contributed by atoms with E-state index in [2.05, 4.69) is 5.92 Å². The molecule has 0 saturated heterocycles. The second-order valence-corrected chi connectivity index (χ2v) is 6.23. The van der Waals surface area contributed by atoms with Crippen LogP contribution in [-0.2, 0) is 0 Å². The molecule has 1 aliphatic rings. The van der Waals surface area contributed by atoms with Gasteiger partial charge in [0.15, 0.2) is 5.75 Å². The first-order valence-corrected chi connectivity index (χ1v) is 8.71. The fourth-order valence-electron chi connectivity index (χ4n) is 3.50. The van der Waals surface area contributed by atoms with Gasteiger partial charge in [0.1, 0.15) is 5.56 Å². The number of nitrogens with zero attached hydrogens (tertiary/aromatic N) is 2. The Morgan fingerprint density at radius 3 is 2.33 bits per heavy atom. The summed E-state index contributed by atoms with van der Waals surface area (Å²) in [4.78, 5) is 25.9. The third-order valence-electron chi connectivity index (χ3n) is 4.75. The molecule has 0 aliphatic heterocycles. The van der Waals surface area contributed by atoms with Crippen molar-refractivity contribution in [3.05, 3.63) is 21.7 Å². The molecule has 1 aromatic carbocycles. The van der Waals surface area contributed by atoms with Crippen LogP contribution in [0.4, 0.5) is 5.69 Å². The van der Waals surface area contributed by atoms with Crippen LogP contribution in [0.2, 0.25) is 0 Å². The van der Waals surface area contributed by atoms with E-state index < -0.39 is 16.5 Å². The summed E-state index contributed by atoms with van der Waals surface area (Å²) in [6.45, 7) is 0.0807. The summed E-state index contributed by atoms with van der Waals surface area (Å²) in [6.07, 6.45) is 10.2. The molecule has 1 aliphatic carbocycles. The standard InChI is InChI=1S/C19H24N2O6/c1-5-11-20(13-9-7-6-8-10-13)19(22)14-12-15(25-2)17(26-3)18(27-4)16(14)21(23)24/h1,12-13H,6-11H2,2-4H3. The van der Waals surface area contributed by atoms with Crippen LogP contribution in [0.25, 0.3) is 0 Å². The number of ether oxygens (including phenoxy) is 3. The molecule has 2 rings (SSSR count). The SMILES string of the molecule is C#CCN(C(=O)c1cc(OC)c(OC)c(OC)c1[N+](=O)[O-])C1CCCCC1. The van der Waals surface area contributed by atoms with Gasteiger partial charge in [-0.05, 0) is 12.8 Å². The van der Waals surface area contributed by atoms with Gasteiger partial charge in [-0.15, -0.1) is 6.42 Å². The van der Waals surface area contributed by atoms with Gasteiger partial charge in [0, 0.05) is 12.1 Å². The van der Waals surface area contributed by atoms with E-state index in [1.807, 2.05) is 0 Å². The lowest BCUT2D eigenvalue weighted by atomic mass is 9.93. The largest absolute Gasteiger partial charge is 0.493 e. The maximum absolute atomic E-state index is 13.3. The normalized spacial score (nSPS) is 14.1. The molecule has 27 heavy (non-hydrogen) atoms. The molecular weight excluding hydrogens is 352 g/mol. The van der Waals surface area contributed by atoms with Crippen LogP contribution in [0, 0.1) is 22.5 Å². The molecule has 146 valence electrons. The van der Waals surface area contributed by atoms with Crippen LogP contribution in [-0.4, -0.2) is 49.6 Å². The zero-order chi connectivity index (χ0) is 20.0. The maximum Gasteiger partial charge on any atom is 0.327 e. The Balaban J connectivity index is 2.61. The van der Waals surface area contributed by atoms with Crippen LogP contribution >= 0.6 is 0 Å². The number of amides is 1. The van der Waals surface area contributed by atoms with E-state index in [0.717, 1.165) is 32.1 Å². The fourth-order valence-corrected chi connectivity index (χ4v) is 3.50. The molecule has 1 aromatic rings. The lowest BCUT2D eigenvalue weighted by Gasteiger charge is -2.33. The molecule has 8 nitrogen and oxygen atoms in total. The van der Waals surface area contributed by atoms with Gasteiger partial charge in [-0.1, -0.05) is 25.2 Å². The van der Waals surface area contributed by atoms with Crippen LogP contribution < -0.4 is 14.2 Å². The first-order chi connectivity index (χ1) is 13.0. The number of carbonyl (C=O) groups excluding carboxylic acids is 1. The molecule has 0 N–H and O–H groups in total. The summed E-state index contributed by atoms with van der Waals surface area (Å²) < 4.78 is 15.6. The molecule has 0 heterocycles. The lowest BCUT2D eigenvalue weighted by Crippen LogP contribution is -2.42. The molecule has 1 fully saturated rings. The zero-order valence-electron chi connectivity index (χ0n) is 15.8. The van der Waals surface area contributed by atoms with Gasteiger partial charge in [-0.2, -0.15) is 0 Å². The van der Waals surface area contributed by atoms with Crippen molar-refractivity contribution < 1.29 is 23.9 Å². The summed E-state index contributed by atoms with van der Waals surface area (Å²) in [7, 11) is 4.01. The Bertz CT molecular complexity index is 750. The molecule has 0 radical (unpaired) electrons. The number of hydrogen-bond donors (Lipinski definition) is 0. The number of methoxy groups -OCH3 is 3. The molecule has 0 aromatic heterocycles. The van der Waals surface area contributed by atoms with E-state index in [1.165, 1.54) is 32.3 Å². The Labute approximate surface area is 158 Å². The predicted molar refractivity (Wildman–Crippen MR) is 99.5 cm³/mol. The second kappa shape index (κ2) is 9.12. The zero-order valence-corrected chi connectivity index (χ0v) is 15.8. The van der Waals surface area contributed by atoms with Crippen LogP contribution in [0.5, 0.6) is 17.2 Å². The van der Waals surface area contributed by atoms with E-state index in [1.54, 1.807) is 0 Å². The van der Waals surface area contributed by atoms with E-state index >= 15 is 0 Å². The Kier molecular flexibility index (Phi) is 6.88. The highest BCUT2D eigenvalue weighted by Crippen LogP contribution is 2.46. The van der Waals surface area contributed by atoms with Crippen LogP contribution in [0.15, 0.2) is 6.07 Å². The number of nitro groups is 1. The molecule has 1 amide bonds. The van der Waals surface area contributed by atoms with Crippen molar-refractivity contribution in [2.75, 3.05) is 27.9 Å². The average Bonchev–Trinajstić information content (AvgIpc) is 2.70. The van der Waals surface area contributed by atoms with Crippen molar-refractivity contribution in [3.8, 4) is 29.6 Å². The van der Waals surface area contributed by atoms with Gasteiger partial charge in [0.2, 0.25) is 11.5 Å². The second-order valence-electron chi connectivity index (χ2n) is 6.23. The van der Waals surface area contributed by atoms with Crippen molar-refractivity contribution in [1.82, 2.24) is 4.90 Å². The minimum atomic E-state index is -0.650. The highest BCUT2D eigenvalue weighted by molar-refractivity contribution is 6.01. The minimum absolute atomic E-state index is 0.0407. The van der Waals surface area contributed by atoms with E-state index in [0.29, 0.717) is 0 Å². The summed E-state index contributed by atoms with van der Waals surface area (Å²) in [5, 5.41) is 11.7. The third-order valence-corrected chi connectivity index (χ3v) is 4.75. The molecular formula is C19H24N2O6. The Morgan fingerprint density at radius 2 is 1.85 bits per heavy atom. The summed E-state index contributed by atoms with van der Waals surface area (Å²) in [5.41, 5.74) is -0.590. The highest BCUT2D eigenvalue weighted by Gasteiger charge is 2.36. The van der Waals surface area contributed by atoms with E-state index in [9.17, 15) is 14.9 Å². The van der Waals surface area contributed by atoms with E-state index in [4.69, 9.17) is 20.6 Å². The van der Waals surface area contributed by atoms with Crippen molar-refractivity contribution in [2.45, 2.75) is 38.1 Å². The van der Waals surface area contributed by atoms with Crippen molar-refractivity contribution in [3.63, 3.8) is 0 Å². The quantitative estimate of drug-likeness (QED) is 0.413. The Morgan fingerprint density at radius 1 is 1.22 bits per heavy atom. The minimum Gasteiger partial charge on any atom is -0.493 e. The van der Waals surface area contributed by atoms with Crippen molar-refractivity contribution >= 4 is 11.6 Å². The van der Waals surface area contributed by atoms with Gasteiger partial charge >= 0.3 is 5.69 Å². The first-order valence-electron chi connectivity index (χ1n) is 8.71. The summed E-state index contributed by atoms with van der Waals surface area (Å²) >= 11 is 0. The monoisotopic (exact) mass is 376 g/mol. The fraction of sp³-hybridized carbons (Fsp3) is 0.526. The van der Waals surface area contributed by atoms with Crippen LogP contribution in [0.1, 0.15) is 42.5 Å². The summed E-state index contributed by atoms with van der Waals surface area (Å²) in [5.74, 6) is 2.06. The lowest BCUT2D eigenvalue weighted by molar-refractivity contribution is -0.386. The average molecular weight is 376 g/mol. The number of hydrogen-bond acceptors (Lipinski definition) is 6. The predicted octanol–water partition coefficient (Wildman–Crippen LogP) is 3.03. The van der Waals surface area contributed by atoms with Crippen LogP contribution in [0.3, 0.4) is 0 Å². The third kappa shape index (κ3) is 4.08. The van der Waals surface area contributed by atoms with Crippen molar-refractivity contribution in [1.29, 1.82) is 0 Å². The molecule has 0 atom stereocenters. The summed E-state index contributed by atoms with van der Waals surface area (Å²) in [6, 6.07) is 1.27. The molecule has 1 saturated carbocycles. The maximum atomic E-state index is 13.3. The highest BCUT2D eigenvalue weighted by atomic mass is 16.6. The number of rotatable bonds is 7. The molecule has 0 bridgehead atoms. The molecule has 8 heteroatoms.